The third-order valence-electron chi connectivity index (χ3n) is 3.38. The molecule has 0 aliphatic heterocycles. The van der Waals surface area contributed by atoms with Gasteiger partial charge in [0, 0.05) is 17.1 Å². The first-order chi connectivity index (χ1) is 9.01. The van der Waals surface area contributed by atoms with Gasteiger partial charge in [-0.3, -0.25) is 0 Å². The molecule has 0 heterocycles. The molecule has 1 N–H and O–H groups in total. The number of rotatable bonds is 8. The lowest BCUT2D eigenvalue weighted by Gasteiger charge is -2.35. The molecule has 0 spiro atoms. The summed E-state index contributed by atoms with van der Waals surface area (Å²) in [6.45, 7) is 10.3. The van der Waals surface area contributed by atoms with Gasteiger partial charge in [-0.15, -0.1) is 0 Å². The van der Waals surface area contributed by atoms with E-state index in [0.717, 1.165) is 26.0 Å². The lowest BCUT2D eigenvalue weighted by molar-refractivity contribution is -0.0380. The number of nitrogens with one attached hydrogen (secondary N) is 1. The van der Waals surface area contributed by atoms with E-state index >= 15 is 0 Å². The molecule has 0 aliphatic carbocycles. The van der Waals surface area contributed by atoms with Crippen molar-refractivity contribution in [2.45, 2.75) is 52.2 Å². The van der Waals surface area contributed by atoms with E-state index in [1.54, 1.807) is 0 Å². The van der Waals surface area contributed by atoms with Crippen LogP contribution in [0.5, 0.6) is 0 Å². The second-order valence-corrected chi connectivity index (χ2v) is 6.19. The topological polar surface area (TPSA) is 21.3 Å². The Morgan fingerprint density at radius 1 is 1.26 bits per heavy atom. The fourth-order valence-electron chi connectivity index (χ4n) is 2.24. The van der Waals surface area contributed by atoms with Gasteiger partial charge in [-0.25, -0.2) is 0 Å². The molecule has 0 radical (unpaired) electrons. The Labute approximate surface area is 126 Å². The summed E-state index contributed by atoms with van der Waals surface area (Å²) in [7, 11) is 0. The van der Waals surface area contributed by atoms with E-state index in [1.165, 1.54) is 10.0 Å². The van der Waals surface area contributed by atoms with Crippen LogP contribution in [0.3, 0.4) is 0 Å². The van der Waals surface area contributed by atoms with Crippen LogP contribution in [-0.2, 0) is 11.2 Å². The Hall–Kier alpha value is -0.380. The van der Waals surface area contributed by atoms with Crippen LogP contribution in [0.4, 0.5) is 0 Å². The van der Waals surface area contributed by atoms with Crippen molar-refractivity contribution in [3.05, 3.63) is 34.3 Å². The summed E-state index contributed by atoms with van der Waals surface area (Å²) in [5.74, 6) is 0. The molecule has 0 bridgehead atoms. The molecule has 0 fully saturated rings. The highest BCUT2D eigenvalue weighted by Crippen LogP contribution is 2.23. The van der Waals surface area contributed by atoms with Gasteiger partial charge in [-0.2, -0.15) is 0 Å². The first kappa shape index (κ1) is 16.7. The largest absolute Gasteiger partial charge is 0.374 e. The van der Waals surface area contributed by atoms with Crippen molar-refractivity contribution in [3.63, 3.8) is 0 Å². The van der Waals surface area contributed by atoms with E-state index in [-0.39, 0.29) is 5.60 Å². The summed E-state index contributed by atoms with van der Waals surface area (Å²) in [5, 5.41) is 3.62. The Morgan fingerprint density at radius 3 is 2.53 bits per heavy atom. The monoisotopic (exact) mass is 327 g/mol. The normalized spacial score (nSPS) is 13.5. The van der Waals surface area contributed by atoms with Gasteiger partial charge in [-0.05, 0) is 51.8 Å². The summed E-state index contributed by atoms with van der Waals surface area (Å²) in [5.41, 5.74) is 1.16. The number of benzene rings is 1. The quantitative estimate of drug-likeness (QED) is 0.773. The molecule has 0 aliphatic rings. The molecule has 0 saturated heterocycles. The zero-order valence-electron chi connectivity index (χ0n) is 12.5. The summed E-state index contributed by atoms with van der Waals surface area (Å²) in [6.07, 6.45) is 2.10. The van der Waals surface area contributed by atoms with Crippen LogP contribution in [0.2, 0.25) is 0 Å². The van der Waals surface area contributed by atoms with E-state index in [1.807, 2.05) is 0 Å². The van der Waals surface area contributed by atoms with Crippen LogP contribution in [0.1, 0.15) is 39.7 Å². The molecule has 0 amide bonds. The predicted molar refractivity (Wildman–Crippen MR) is 85.6 cm³/mol. The second kappa shape index (κ2) is 8.03. The van der Waals surface area contributed by atoms with Gasteiger partial charge >= 0.3 is 0 Å². The summed E-state index contributed by atoms with van der Waals surface area (Å²) in [4.78, 5) is 0. The minimum Gasteiger partial charge on any atom is -0.374 e. The fraction of sp³-hybridized carbons (Fsp3) is 0.625. The summed E-state index contributed by atoms with van der Waals surface area (Å²) >= 11 is 3.63. The maximum Gasteiger partial charge on any atom is 0.0781 e. The van der Waals surface area contributed by atoms with Gasteiger partial charge < -0.3 is 10.1 Å². The SMILES string of the molecule is CCCNC(Cc1ccccc1Br)C(C)(C)OCC. The van der Waals surface area contributed by atoms with E-state index in [2.05, 4.69) is 73.2 Å². The van der Waals surface area contributed by atoms with Crippen molar-refractivity contribution >= 4 is 15.9 Å². The van der Waals surface area contributed by atoms with Gasteiger partial charge in [0.05, 0.1) is 5.60 Å². The summed E-state index contributed by atoms with van der Waals surface area (Å²) < 4.78 is 7.09. The highest BCUT2D eigenvalue weighted by Gasteiger charge is 2.29. The van der Waals surface area contributed by atoms with E-state index in [4.69, 9.17) is 4.74 Å². The van der Waals surface area contributed by atoms with Crippen molar-refractivity contribution in [1.29, 1.82) is 0 Å². The van der Waals surface area contributed by atoms with Gasteiger partial charge in [0.1, 0.15) is 0 Å². The average Bonchev–Trinajstić information content (AvgIpc) is 2.36. The fourth-order valence-corrected chi connectivity index (χ4v) is 2.69. The molecule has 3 heteroatoms. The van der Waals surface area contributed by atoms with Crippen LogP contribution in [0.25, 0.3) is 0 Å². The molecule has 1 rings (SSSR count). The molecular weight excluding hydrogens is 302 g/mol. The van der Waals surface area contributed by atoms with Gasteiger partial charge in [0.15, 0.2) is 0 Å². The molecular formula is C16H26BrNO. The lowest BCUT2D eigenvalue weighted by Crippen LogP contribution is -2.50. The first-order valence-electron chi connectivity index (χ1n) is 7.12. The number of halogens is 1. The van der Waals surface area contributed by atoms with Gasteiger partial charge in [0.25, 0.3) is 0 Å². The molecule has 108 valence electrons. The Bertz CT molecular complexity index is 379. The van der Waals surface area contributed by atoms with Crippen molar-refractivity contribution < 1.29 is 4.74 Å². The maximum atomic E-state index is 5.92. The van der Waals surface area contributed by atoms with Crippen LogP contribution in [0, 0.1) is 0 Å². The molecule has 1 atom stereocenters. The van der Waals surface area contributed by atoms with Crippen LogP contribution in [-0.4, -0.2) is 24.8 Å². The molecule has 1 unspecified atom stereocenters. The highest BCUT2D eigenvalue weighted by molar-refractivity contribution is 9.10. The third kappa shape index (κ3) is 5.25. The number of ether oxygens (including phenoxy) is 1. The Balaban J connectivity index is 2.82. The predicted octanol–water partition coefficient (Wildman–Crippen LogP) is 4.17. The molecule has 1 aromatic rings. The van der Waals surface area contributed by atoms with E-state index < -0.39 is 0 Å². The summed E-state index contributed by atoms with van der Waals surface area (Å²) in [6, 6.07) is 8.72. The molecule has 19 heavy (non-hydrogen) atoms. The van der Waals surface area contributed by atoms with E-state index in [0.29, 0.717) is 6.04 Å². The molecule has 0 aromatic heterocycles. The van der Waals surface area contributed by atoms with E-state index in [9.17, 15) is 0 Å². The maximum absolute atomic E-state index is 5.92. The smallest absolute Gasteiger partial charge is 0.0781 e. The zero-order chi connectivity index (χ0) is 14.3. The van der Waals surface area contributed by atoms with Crippen molar-refractivity contribution in [3.8, 4) is 0 Å². The standard InChI is InChI=1S/C16H26BrNO/c1-5-11-18-15(16(3,4)19-6-2)12-13-9-7-8-10-14(13)17/h7-10,15,18H,5-6,11-12H2,1-4H3. The van der Waals surface area contributed by atoms with Crippen molar-refractivity contribution in [2.24, 2.45) is 0 Å². The first-order valence-corrected chi connectivity index (χ1v) is 7.91. The lowest BCUT2D eigenvalue weighted by atomic mass is 9.92. The molecule has 2 nitrogen and oxygen atoms in total. The second-order valence-electron chi connectivity index (χ2n) is 5.34. The van der Waals surface area contributed by atoms with Crippen LogP contribution < -0.4 is 5.32 Å². The third-order valence-corrected chi connectivity index (χ3v) is 4.15. The average molecular weight is 328 g/mol. The molecule has 1 aromatic carbocycles. The Kier molecular flexibility index (Phi) is 7.05. The Morgan fingerprint density at radius 2 is 1.95 bits per heavy atom. The van der Waals surface area contributed by atoms with Gasteiger partial charge in [0.2, 0.25) is 0 Å². The number of hydrogen-bond acceptors (Lipinski definition) is 2. The van der Waals surface area contributed by atoms with Crippen LogP contribution in [0.15, 0.2) is 28.7 Å². The minimum absolute atomic E-state index is 0.167. The van der Waals surface area contributed by atoms with Gasteiger partial charge in [-0.1, -0.05) is 41.1 Å². The van der Waals surface area contributed by atoms with Crippen molar-refractivity contribution in [2.75, 3.05) is 13.2 Å². The highest BCUT2D eigenvalue weighted by atomic mass is 79.9. The minimum atomic E-state index is -0.167. The van der Waals surface area contributed by atoms with Crippen molar-refractivity contribution in [1.82, 2.24) is 5.32 Å². The zero-order valence-corrected chi connectivity index (χ0v) is 14.1. The van der Waals surface area contributed by atoms with Crippen LogP contribution >= 0.6 is 15.9 Å². The number of hydrogen-bond donors (Lipinski definition) is 1. The molecule has 0 saturated carbocycles.